The van der Waals surface area contributed by atoms with E-state index in [0.29, 0.717) is 17.7 Å². The van der Waals surface area contributed by atoms with Gasteiger partial charge in [-0.2, -0.15) is 4.98 Å². The SMILES string of the molecule is Cc1noc([C@H](C)N2CCN([C@@H](C)C(=O)Nc3ncccn3)CC2)n1. The van der Waals surface area contributed by atoms with Crippen LogP contribution in [0.25, 0.3) is 0 Å². The number of nitrogens with one attached hydrogen (secondary N) is 1. The van der Waals surface area contributed by atoms with Crippen molar-refractivity contribution in [3.8, 4) is 0 Å². The summed E-state index contributed by atoms with van der Waals surface area (Å²) in [7, 11) is 0. The first kappa shape index (κ1) is 17.4. The number of amides is 1. The first-order chi connectivity index (χ1) is 12.0. The second-order valence-electron chi connectivity index (χ2n) is 6.17. The monoisotopic (exact) mass is 345 g/mol. The van der Waals surface area contributed by atoms with Crippen molar-refractivity contribution in [2.45, 2.75) is 32.9 Å². The van der Waals surface area contributed by atoms with E-state index in [1.807, 2.05) is 13.8 Å². The van der Waals surface area contributed by atoms with Gasteiger partial charge in [-0.1, -0.05) is 5.16 Å². The molecule has 9 nitrogen and oxygen atoms in total. The largest absolute Gasteiger partial charge is 0.338 e. The van der Waals surface area contributed by atoms with Gasteiger partial charge in [-0.3, -0.25) is 19.9 Å². The zero-order valence-corrected chi connectivity index (χ0v) is 14.7. The molecular weight excluding hydrogens is 322 g/mol. The Morgan fingerprint density at radius 2 is 1.80 bits per heavy atom. The Labute approximate surface area is 146 Å². The lowest BCUT2D eigenvalue weighted by Gasteiger charge is -2.38. The zero-order valence-electron chi connectivity index (χ0n) is 14.7. The predicted octanol–water partition coefficient (Wildman–Crippen LogP) is 0.874. The van der Waals surface area contributed by atoms with Gasteiger partial charge in [-0.25, -0.2) is 9.97 Å². The number of aromatic nitrogens is 4. The molecule has 0 aliphatic carbocycles. The molecular formula is C16H23N7O2. The zero-order chi connectivity index (χ0) is 17.8. The predicted molar refractivity (Wildman–Crippen MR) is 90.7 cm³/mol. The average Bonchev–Trinajstić information content (AvgIpc) is 3.08. The van der Waals surface area contributed by atoms with E-state index in [1.165, 1.54) is 0 Å². The minimum absolute atomic E-state index is 0.0743. The number of hydrogen-bond acceptors (Lipinski definition) is 8. The fraction of sp³-hybridized carbons (Fsp3) is 0.562. The number of nitrogens with zero attached hydrogens (tertiary/aromatic N) is 6. The molecule has 1 N–H and O–H groups in total. The topological polar surface area (TPSA) is 100 Å². The van der Waals surface area contributed by atoms with Crippen LogP contribution in [0.3, 0.4) is 0 Å². The van der Waals surface area contributed by atoms with E-state index in [4.69, 9.17) is 4.52 Å². The second kappa shape index (κ2) is 7.66. The van der Waals surface area contributed by atoms with E-state index in [0.717, 1.165) is 26.2 Å². The van der Waals surface area contributed by atoms with Crippen LogP contribution in [0.15, 0.2) is 23.0 Å². The van der Waals surface area contributed by atoms with Crippen LogP contribution in [-0.4, -0.2) is 68.0 Å². The van der Waals surface area contributed by atoms with Gasteiger partial charge in [0, 0.05) is 38.6 Å². The Kier molecular flexibility index (Phi) is 5.34. The minimum atomic E-state index is -0.244. The molecule has 0 spiro atoms. The van der Waals surface area contributed by atoms with E-state index in [1.54, 1.807) is 18.5 Å². The maximum Gasteiger partial charge on any atom is 0.243 e. The first-order valence-electron chi connectivity index (χ1n) is 8.41. The van der Waals surface area contributed by atoms with Crippen molar-refractivity contribution < 1.29 is 9.32 Å². The van der Waals surface area contributed by atoms with Crippen molar-refractivity contribution in [3.05, 3.63) is 30.2 Å². The molecule has 2 aromatic rings. The van der Waals surface area contributed by atoms with Crippen molar-refractivity contribution in [3.63, 3.8) is 0 Å². The summed E-state index contributed by atoms with van der Waals surface area (Å²) < 4.78 is 5.26. The number of aryl methyl sites for hydroxylation is 1. The van der Waals surface area contributed by atoms with Crippen LogP contribution in [0.5, 0.6) is 0 Å². The molecule has 3 heterocycles. The highest BCUT2D eigenvalue weighted by Crippen LogP contribution is 2.20. The van der Waals surface area contributed by atoms with Gasteiger partial charge < -0.3 is 4.52 Å². The molecule has 1 fully saturated rings. The summed E-state index contributed by atoms with van der Waals surface area (Å²) in [5.41, 5.74) is 0. The third kappa shape index (κ3) is 4.18. The Morgan fingerprint density at radius 3 is 2.40 bits per heavy atom. The summed E-state index contributed by atoms with van der Waals surface area (Å²) in [6, 6.07) is 1.54. The summed E-state index contributed by atoms with van der Waals surface area (Å²) >= 11 is 0. The maximum absolute atomic E-state index is 12.4. The maximum atomic E-state index is 12.4. The molecule has 3 rings (SSSR count). The Hall–Kier alpha value is -2.39. The van der Waals surface area contributed by atoms with Crippen molar-refractivity contribution >= 4 is 11.9 Å². The van der Waals surface area contributed by atoms with Crippen LogP contribution in [0.4, 0.5) is 5.95 Å². The lowest BCUT2D eigenvalue weighted by atomic mass is 10.2. The lowest BCUT2D eigenvalue weighted by Crippen LogP contribution is -2.53. The number of carbonyl (C=O) groups excluding carboxylic acids is 1. The van der Waals surface area contributed by atoms with Crippen LogP contribution in [-0.2, 0) is 4.79 Å². The van der Waals surface area contributed by atoms with Crippen LogP contribution < -0.4 is 5.32 Å². The van der Waals surface area contributed by atoms with Crippen LogP contribution in [0, 0.1) is 6.92 Å². The summed E-state index contributed by atoms with van der Waals surface area (Å²) in [5.74, 6) is 1.52. The molecule has 0 aromatic carbocycles. The van der Waals surface area contributed by atoms with Crippen LogP contribution >= 0.6 is 0 Å². The average molecular weight is 345 g/mol. The third-order valence-corrected chi connectivity index (χ3v) is 4.53. The highest BCUT2D eigenvalue weighted by molar-refractivity contribution is 5.93. The normalized spacial score (nSPS) is 18.7. The summed E-state index contributed by atoms with van der Waals surface area (Å²) in [6.07, 6.45) is 3.21. The standard InChI is InChI=1S/C16H23N7O2/c1-11(14(24)20-16-17-5-4-6-18-16)22-7-9-23(10-8-22)12(2)15-19-13(3)21-25-15/h4-6,11-12H,7-10H2,1-3H3,(H,17,18,20,24)/t11-,12-/m0/s1. The Balaban J connectivity index is 1.52. The van der Waals surface area contributed by atoms with Gasteiger partial charge in [0.05, 0.1) is 12.1 Å². The number of anilines is 1. The van der Waals surface area contributed by atoms with E-state index in [9.17, 15) is 4.79 Å². The quantitative estimate of drug-likeness (QED) is 0.852. The van der Waals surface area contributed by atoms with Gasteiger partial charge >= 0.3 is 0 Å². The molecule has 134 valence electrons. The highest BCUT2D eigenvalue weighted by Gasteiger charge is 2.29. The minimum Gasteiger partial charge on any atom is -0.338 e. The van der Waals surface area contributed by atoms with E-state index in [-0.39, 0.29) is 18.0 Å². The van der Waals surface area contributed by atoms with Gasteiger partial charge in [0.15, 0.2) is 5.82 Å². The van der Waals surface area contributed by atoms with Crippen LogP contribution in [0.2, 0.25) is 0 Å². The molecule has 0 bridgehead atoms. The van der Waals surface area contributed by atoms with Crippen molar-refractivity contribution in [1.29, 1.82) is 0 Å². The van der Waals surface area contributed by atoms with E-state index in [2.05, 4.69) is 42.1 Å². The number of piperazine rings is 1. The molecule has 0 unspecified atom stereocenters. The summed E-state index contributed by atoms with van der Waals surface area (Å²) in [6.45, 7) is 9.03. The second-order valence-corrected chi connectivity index (χ2v) is 6.17. The van der Waals surface area contributed by atoms with Crippen LogP contribution in [0.1, 0.15) is 31.6 Å². The molecule has 9 heteroatoms. The molecule has 1 amide bonds. The third-order valence-electron chi connectivity index (χ3n) is 4.53. The first-order valence-corrected chi connectivity index (χ1v) is 8.41. The molecule has 1 aliphatic rings. The molecule has 1 aliphatic heterocycles. The molecule has 25 heavy (non-hydrogen) atoms. The van der Waals surface area contributed by atoms with Gasteiger partial charge in [0.1, 0.15) is 0 Å². The van der Waals surface area contributed by atoms with E-state index < -0.39 is 0 Å². The van der Waals surface area contributed by atoms with Crippen molar-refractivity contribution in [2.75, 3.05) is 31.5 Å². The lowest BCUT2D eigenvalue weighted by molar-refractivity contribution is -0.121. The number of rotatable bonds is 5. The highest BCUT2D eigenvalue weighted by atomic mass is 16.5. The summed E-state index contributed by atoms with van der Waals surface area (Å²) in [5, 5.41) is 6.60. The molecule has 0 saturated carbocycles. The Bertz CT molecular complexity index is 698. The Morgan fingerprint density at radius 1 is 1.16 bits per heavy atom. The van der Waals surface area contributed by atoms with Gasteiger partial charge in [-0.15, -0.1) is 0 Å². The fourth-order valence-electron chi connectivity index (χ4n) is 2.90. The van der Waals surface area contributed by atoms with E-state index >= 15 is 0 Å². The molecule has 0 radical (unpaired) electrons. The smallest absolute Gasteiger partial charge is 0.243 e. The van der Waals surface area contributed by atoms with Gasteiger partial charge in [0.25, 0.3) is 0 Å². The van der Waals surface area contributed by atoms with Gasteiger partial charge in [-0.05, 0) is 26.8 Å². The molecule has 1 saturated heterocycles. The number of carbonyl (C=O) groups is 1. The van der Waals surface area contributed by atoms with Crippen molar-refractivity contribution in [2.24, 2.45) is 0 Å². The van der Waals surface area contributed by atoms with Crippen molar-refractivity contribution in [1.82, 2.24) is 29.9 Å². The molecule has 2 aromatic heterocycles. The molecule has 2 atom stereocenters. The number of hydrogen-bond donors (Lipinski definition) is 1. The summed E-state index contributed by atoms with van der Waals surface area (Å²) in [4.78, 5) is 29.2. The van der Waals surface area contributed by atoms with Gasteiger partial charge in [0.2, 0.25) is 17.7 Å². The fourth-order valence-corrected chi connectivity index (χ4v) is 2.90.